The molecular formula is C7H11NO2S2. The van der Waals surface area contributed by atoms with E-state index in [-0.39, 0.29) is 5.97 Å². The molecule has 1 aliphatic carbocycles. The Kier molecular flexibility index (Phi) is 3.81. The molecule has 0 unspecified atom stereocenters. The number of thioether (sulfide) groups is 1. The highest BCUT2D eigenvalue weighted by molar-refractivity contribution is 8.23. The molecule has 0 aromatic carbocycles. The lowest BCUT2D eigenvalue weighted by Crippen LogP contribution is -2.21. The molecule has 0 spiro atoms. The lowest BCUT2D eigenvalue weighted by atomic mass is 10.7. The van der Waals surface area contributed by atoms with E-state index in [1.807, 2.05) is 0 Å². The second kappa shape index (κ2) is 4.67. The number of carbonyl (C=O) groups is 1. The van der Waals surface area contributed by atoms with Gasteiger partial charge in [0.2, 0.25) is 0 Å². The molecule has 3 nitrogen and oxygen atoms in total. The average molecular weight is 205 g/mol. The van der Waals surface area contributed by atoms with Crippen molar-refractivity contribution in [2.24, 2.45) is 0 Å². The molecule has 12 heavy (non-hydrogen) atoms. The van der Waals surface area contributed by atoms with Crippen molar-refractivity contribution in [1.29, 1.82) is 0 Å². The molecule has 0 amide bonds. The summed E-state index contributed by atoms with van der Waals surface area (Å²) in [4.78, 5) is 10.7. The van der Waals surface area contributed by atoms with E-state index in [0.29, 0.717) is 16.1 Å². The summed E-state index contributed by atoms with van der Waals surface area (Å²) in [6.45, 7) is 0. The van der Waals surface area contributed by atoms with Gasteiger partial charge in [0, 0.05) is 6.04 Å². The maximum Gasteiger partial charge on any atom is 0.316 e. The summed E-state index contributed by atoms with van der Waals surface area (Å²) in [5.74, 6) is 0.0645. The molecule has 0 aromatic heterocycles. The molecule has 1 saturated carbocycles. The smallest absolute Gasteiger partial charge is 0.316 e. The Morgan fingerprint density at radius 2 is 2.42 bits per heavy atom. The Morgan fingerprint density at radius 1 is 1.75 bits per heavy atom. The van der Waals surface area contributed by atoms with Crippen molar-refractivity contribution in [3.05, 3.63) is 0 Å². The number of esters is 1. The number of hydrogen-bond acceptors (Lipinski definition) is 4. The Balaban J connectivity index is 2.04. The van der Waals surface area contributed by atoms with Crippen LogP contribution in [0.5, 0.6) is 0 Å². The molecule has 1 fully saturated rings. The summed E-state index contributed by atoms with van der Waals surface area (Å²) < 4.78 is 5.17. The minimum absolute atomic E-state index is 0.236. The third-order valence-electron chi connectivity index (χ3n) is 1.45. The molecule has 0 atom stereocenters. The van der Waals surface area contributed by atoms with Crippen LogP contribution < -0.4 is 5.32 Å². The minimum Gasteiger partial charge on any atom is -0.468 e. The van der Waals surface area contributed by atoms with Gasteiger partial charge in [0.15, 0.2) is 0 Å². The third kappa shape index (κ3) is 3.92. The molecule has 0 aliphatic heterocycles. The molecule has 0 radical (unpaired) electrons. The second-order valence-electron chi connectivity index (χ2n) is 2.57. The van der Waals surface area contributed by atoms with Gasteiger partial charge in [-0.1, -0.05) is 24.0 Å². The van der Waals surface area contributed by atoms with Gasteiger partial charge in [-0.2, -0.15) is 0 Å². The van der Waals surface area contributed by atoms with Crippen LogP contribution >= 0.6 is 24.0 Å². The highest BCUT2D eigenvalue weighted by Gasteiger charge is 2.21. The molecule has 1 aliphatic rings. The van der Waals surface area contributed by atoms with Gasteiger partial charge in [-0.3, -0.25) is 4.79 Å². The van der Waals surface area contributed by atoms with Crippen LogP contribution in [0.3, 0.4) is 0 Å². The van der Waals surface area contributed by atoms with Gasteiger partial charge in [0.05, 0.1) is 12.9 Å². The molecule has 0 heterocycles. The van der Waals surface area contributed by atoms with Gasteiger partial charge >= 0.3 is 5.97 Å². The zero-order valence-electron chi connectivity index (χ0n) is 6.83. The number of nitrogens with one attached hydrogen (secondary N) is 1. The van der Waals surface area contributed by atoms with E-state index in [9.17, 15) is 4.79 Å². The van der Waals surface area contributed by atoms with E-state index in [1.54, 1.807) is 0 Å². The summed E-state index contributed by atoms with van der Waals surface area (Å²) in [7, 11) is 1.38. The van der Waals surface area contributed by atoms with Gasteiger partial charge < -0.3 is 10.1 Å². The fraction of sp³-hybridized carbons (Fsp3) is 0.714. The molecule has 0 saturated heterocycles. The minimum atomic E-state index is -0.236. The van der Waals surface area contributed by atoms with Crippen molar-refractivity contribution in [1.82, 2.24) is 5.32 Å². The van der Waals surface area contributed by atoms with Crippen molar-refractivity contribution in [3.8, 4) is 0 Å². The van der Waals surface area contributed by atoms with Crippen molar-refractivity contribution in [2.75, 3.05) is 12.9 Å². The highest BCUT2D eigenvalue weighted by atomic mass is 32.2. The van der Waals surface area contributed by atoms with Crippen LogP contribution in [0, 0.1) is 0 Å². The first kappa shape index (κ1) is 9.80. The molecule has 68 valence electrons. The summed E-state index contributed by atoms with van der Waals surface area (Å²) in [6.07, 6.45) is 2.39. The van der Waals surface area contributed by atoms with Crippen LogP contribution in [0.25, 0.3) is 0 Å². The van der Waals surface area contributed by atoms with E-state index in [4.69, 9.17) is 12.2 Å². The van der Waals surface area contributed by atoms with E-state index in [2.05, 4.69) is 10.1 Å². The largest absolute Gasteiger partial charge is 0.468 e. The first-order valence-electron chi connectivity index (χ1n) is 3.72. The summed E-state index contributed by atoms with van der Waals surface area (Å²) in [5, 5.41) is 3.12. The SMILES string of the molecule is COC(=O)CSC(=S)NC1CC1. The molecule has 0 bridgehead atoms. The third-order valence-corrected chi connectivity index (χ3v) is 2.68. The standard InChI is InChI=1S/C7H11NO2S2/c1-10-6(9)4-12-7(11)8-5-2-3-5/h5H,2-4H2,1H3,(H,8,11). The number of hydrogen-bond donors (Lipinski definition) is 1. The Labute approximate surface area is 81.2 Å². The van der Waals surface area contributed by atoms with Crippen molar-refractivity contribution < 1.29 is 9.53 Å². The van der Waals surface area contributed by atoms with E-state index in [0.717, 1.165) is 0 Å². The van der Waals surface area contributed by atoms with Gasteiger partial charge in [0.25, 0.3) is 0 Å². The quantitative estimate of drug-likeness (QED) is 0.548. The molecule has 1 N–H and O–H groups in total. The number of carbonyl (C=O) groups excluding carboxylic acids is 1. The van der Waals surface area contributed by atoms with Gasteiger partial charge in [-0.25, -0.2) is 0 Å². The summed E-state index contributed by atoms with van der Waals surface area (Å²) in [5.41, 5.74) is 0. The summed E-state index contributed by atoms with van der Waals surface area (Å²) >= 11 is 6.30. The lowest BCUT2D eigenvalue weighted by molar-refractivity contribution is -0.137. The van der Waals surface area contributed by atoms with E-state index in [1.165, 1.54) is 31.7 Å². The average Bonchev–Trinajstić information content (AvgIpc) is 2.84. The van der Waals surface area contributed by atoms with Crippen LogP contribution in [0.2, 0.25) is 0 Å². The topological polar surface area (TPSA) is 38.3 Å². The fourth-order valence-corrected chi connectivity index (χ4v) is 1.58. The Bertz CT molecular complexity index is 192. The number of thiocarbonyl (C=S) groups is 1. The number of ether oxygens (including phenoxy) is 1. The van der Waals surface area contributed by atoms with Crippen LogP contribution in [0.15, 0.2) is 0 Å². The van der Waals surface area contributed by atoms with Crippen molar-refractivity contribution in [2.45, 2.75) is 18.9 Å². The molecule has 5 heteroatoms. The van der Waals surface area contributed by atoms with E-state index < -0.39 is 0 Å². The predicted molar refractivity (Wildman–Crippen MR) is 53.2 cm³/mol. The number of methoxy groups -OCH3 is 1. The monoisotopic (exact) mass is 205 g/mol. The zero-order chi connectivity index (χ0) is 8.97. The van der Waals surface area contributed by atoms with Crippen LogP contribution in [0.1, 0.15) is 12.8 Å². The molecule has 0 aromatic rings. The number of rotatable bonds is 3. The zero-order valence-corrected chi connectivity index (χ0v) is 8.46. The predicted octanol–water partition coefficient (Wildman–Crippen LogP) is 0.929. The second-order valence-corrected chi connectivity index (χ2v) is 4.22. The molecule has 1 rings (SSSR count). The van der Waals surface area contributed by atoms with Gasteiger partial charge in [-0.05, 0) is 12.8 Å². The van der Waals surface area contributed by atoms with E-state index >= 15 is 0 Å². The van der Waals surface area contributed by atoms with Crippen molar-refractivity contribution >= 4 is 34.3 Å². The van der Waals surface area contributed by atoms with Gasteiger partial charge in [-0.15, -0.1) is 0 Å². The van der Waals surface area contributed by atoms with Crippen molar-refractivity contribution in [3.63, 3.8) is 0 Å². The van der Waals surface area contributed by atoms with Crippen LogP contribution in [0.4, 0.5) is 0 Å². The first-order valence-corrected chi connectivity index (χ1v) is 5.12. The van der Waals surface area contributed by atoms with Gasteiger partial charge in [0.1, 0.15) is 4.32 Å². The van der Waals surface area contributed by atoms with Crippen LogP contribution in [-0.4, -0.2) is 29.2 Å². The maximum atomic E-state index is 10.7. The first-order chi connectivity index (χ1) is 5.72. The highest BCUT2D eigenvalue weighted by Crippen LogP contribution is 2.20. The summed E-state index contributed by atoms with van der Waals surface area (Å²) in [6, 6.07) is 0.558. The maximum absolute atomic E-state index is 10.7. The van der Waals surface area contributed by atoms with Crippen LogP contribution in [-0.2, 0) is 9.53 Å². The fourth-order valence-electron chi connectivity index (χ4n) is 0.619. The molecular weight excluding hydrogens is 194 g/mol. The Morgan fingerprint density at radius 3 is 2.92 bits per heavy atom. The Hall–Kier alpha value is -0.290. The normalized spacial score (nSPS) is 15.4. The lowest BCUT2D eigenvalue weighted by Gasteiger charge is -2.03.